The van der Waals surface area contributed by atoms with Crippen LogP contribution in [-0.4, -0.2) is 6.61 Å². The maximum absolute atomic E-state index is 5.97. The molecule has 0 saturated heterocycles. The first-order valence-electron chi connectivity index (χ1n) is 6.70. The van der Waals surface area contributed by atoms with E-state index in [9.17, 15) is 0 Å². The third-order valence-corrected chi connectivity index (χ3v) is 4.06. The van der Waals surface area contributed by atoms with Crippen LogP contribution in [0.25, 0.3) is 0 Å². The zero-order valence-corrected chi connectivity index (χ0v) is 11.9. The van der Waals surface area contributed by atoms with Gasteiger partial charge in [0.25, 0.3) is 0 Å². The Balaban J connectivity index is 2.64. The summed E-state index contributed by atoms with van der Waals surface area (Å²) in [6.45, 7) is 14.4. The van der Waals surface area contributed by atoms with Gasteiger partial charge in [-0.3, -0.25) is 0 Å². The number of hydrogen-bond donors (Lipinski definition) is 0. The summed E-state index contributed by atoms with van der Waals surface area (Å²) in [5.74, 6) is 2.97. The summed E-state index contributed by atoms with van der Waals surface area (Å²) < 4.78 is 5.97. The lowest BCUT2D eigenvalue weighted by Gasteiger charge is -2.20. The minimum atomic E-state index is 0.571. The summed E-state index contributed by atoms with van der Waals surface area (Å²) in [4.78, 5) is 0. The molecule has 0 fully saturated rings. The van der Waals surface area contributed by atoms with Gasteiger partial charge < -0.3 is 4.74 Å². The lowest BCUT2D eigenvalue weighted by Crippen LogP contribution is -2.10. The Labute approximate surface area is 105 Å². The lowest BCUT2D eigenvalue weighted by atomic mass is 9.82. The Bertz CT molecular complexity index is 430. The molecule has 0 N–H and O–H groups in total. The Morgan fingerprint density at radius 3 is 2.35 bits per heavy atom. The summed E-state index contributed by atoms with van der Waals surface area (Å²) in [7, 11) is 0. The fourth-order valence-electron chi connectivity index (χ4n) is 2.76. The highest BCUT2D eigenvalue weighted by Gasteiger charge is 2.31. The molecule has 0 amide bonds. The molecule has 0 spiro atoms. The van der Waals surface area contributed by atoms with Gasteiger partial charge in [-0.1, -0.05) is 33.8 Å². The largest absolute Gasteiger partial charge is 0.492 e. The summed E-state index contributed by atoms with van der Waals surface area (Å²) in [6, 6.07) is 2.36. The van der Waals surface area contributed by atoms with Gasteiger partial charge in [0, 0.05) is 11.5 Å². The van der Waals surface area contributed by atoms with E-state index < -0.39 is 0 Å². The Morgan fingerprint density at radius 2 is 1.82 bits per heavy atom. The van der Waals surface area contributed by atoms with Crippen LogP contribution in [0.4, 0.5) is 0 Å². The summed E-state index contributed by atoms with van der Waals surface area (Å²) >= 11 is 0. The molecule has 0 bridgehead atoms. The third-order valence-electron chi connectivity index (χ3n) is 4.06. The second-order valence-corrected chi connectivity index (χ2v) is 5.97. The van der Waals surface area contributed by atoms with Gasteiger partial charge in [0.15, 0.2) is 0 Å². The van der Waals surface area contributed by atoms with Crippen LogP contribution >= 0.6 is 0 Å². The molecule has 1 aromatic carbocycles. The zero-order valence-electron chi connectivity index (χ0n) is 11.9. The molecular weight excluding hydrogens is 208 g/mol. The third kappa shape index (κ3) is 1.96. The fourth-order valence-corrected chi connectivity index (χ4v) is 2.76. The molecule has 1 aromatic rings. The van der Waals surface area contributed by atoms with Crippen molar-refractivity contribution in [2.75, 3.05) is 6.61 Å². The van der Waals surface area contributed by atoms with Gasteiger partial charge in [-0.2, -0.15) is 0 Å². The van der Waals surface area contributed by atoms with Gasteiger partial charge in [0.05, 0.1) is 6.61 Å². The number of fused-ring (bicyclic) bond motifs is 1. The first-order valence-corrected chi connectivity index (χ1v) is 6.70. The number of rotatable bonds is 2. The van der Waals surface area contributed by atoms with Gasteiger partial charge in [0.1, 0.15) is 5.75 Å². The van der Waals surface area contributed by atoms with Crippen molar-refractivity contribution in [1.82, 2.24) is 0 Å². The molecular formula is C16H24O. The van der Waals surface area contributed by atoms with Crippen LogP contribution in [0.1, 0.15) is 61.8 Å². The van der Waals surface area contributed by atoms with Gasteiger partial charge in [-0.05, 0) is 42.4 Å². The van der Waals surface area contributed by atoms with Crippen LogP contribution in [0.3, 0.4) is 0 Å². The Hall–Kier alpha value is -0.980. The van der Waals surface area contributed by atoms with E-state index in [1.165, 1.54) is 28.0 Å². The van der Waals surface area contributed by atoms with Crippen LogP contribution < -0.4 is 4.74 Å². The van der Waals surface area contributed by atoms with Crippen LogP contribution in [0, 0.1) is 19.8 Å². The normalized spacial score (nSPS) is 18.7. The number of ether oxygens (including phenoxy) is 1. The maximum atomic E-state index is 5.97. The van der Waals surface area contributed by atoms with Crippen molar-refractivity contribution >= 4 is 0 Å². The highest BCUT2D eigenvalue weighted by atomic mass is 16.5. The van der Waals surface area contributed by atoms with E-state index in [1.54, 1.807) is 0 Å². The molecule has 0 radical (unpaired) electrons. The van der Waals surface area contributed by atoms with E-state index in [0.29, 0.717) is 17.8 Å². The van der Waals surface area contributed by atoms with Crippen LogP contribution in [-0.2, 0) is 0 Å². The monoisotopic (exact) mass is 232 g/mol. The standard InChI is InChI=1S/C16H24O/c1-9(2)13-7-11(5)12(6)16-15(13)14(8-17-16)10(3)4/h7,9-10,14H,8H2,1-6H3. The molecule has 1 nitrogen and oxygen atoms in total. The fraction of sp³-hybridized carbons (Fsp3) is 0.625. The average Bonchev–Trinajstić information content (AvgIpc) is 2.67. The highest BCUT2D eigenvalue weighted by molar-refractivity contribution is 5.55. The molecule has 1 atom stereocenters. The van der Waals surface area contributed by atoms with E-state index in [1.807, 2.05) is 0 Å². The van der Waals surface area contributed by atoms with E-state index in [0.717, 1.165) is 6.61 Å². The second kappa shape index (κ2) is 4.36. The van der Waals surface area contributed by atoms with Crippen molar-refractivity contribution in [3.63, 3.8) is 0 Å². The smallest absolute Gasteiger partial charge is 0.126 e. The highest BCUT2D eigenvalue weighted by Crippen LogP contribution is 2.45. The van der Waals surface area contributed by atoms with E-state index >= 15 is 0 Å². The topological polar surface area (TPSA) is 9.23 Å². The molecule has 17 heavy (non-hydrogen) atoms. The van der Waals surface area contributed by atoms with E-state index in [4.69, 9.17) is 4.74 Å². The van der Waals surface area contributed by atoms with Gasteiger partial charge in [0.2, 0.25) is 0 Å². The number of hydrogen-bond acceptors (Lipinski definition) is 1. The van der Waals surface area contributed by atoms with Crippen molar-refractivity contribution in [2.45, 2.75) is 53.4 Å². The molecule has 1 unspecified atom stereocenters. The van der Waals surface area contributed by atoms with Crippen LogP contribution in [0.5, 0.6) is 5.75 Å². The first-order chi connectivity index (χ1) is 7.93. The van der Waals surface area contributed by atoms with E-state index in [-0.39, 0.29) is 0 Å². The Kier molecular flexibility index (Phi) is 3.20. The van der Waals surface area contributed by atoms with Crippen LogP contribution in [0.15, 0.2) is 6.07 Å². The number of benzene rings is 1. The van der Waals surface area contributed by atoms with Gasteiger partial charge in [-0.15, -0.1) is 0 Å². The second-order valence-electron chi connectivity index (χ2n) is 5.97. The SMILES string of the molecule is Cc1cc(C(C)C)c2c(c1C)OCC2C(C)C. The Morgan fingerprint density at radius 1 is 1.18 bits per heavy atom. The van der Waals surface area contributed by atoms with Crippen LogP contribution in [0.2, 0.25) is 0 Å². The minimum absolute atomic E-state index is 0.571. The van der Waals surface area contributed by atoms with Gasteiger partial charge in [-0.25, -0.2) is 0 Å². The first kappa shape index (κ1) is 12.5. The predicted octanol–water partition coefficient (Wildman–Crippen LogP) is 4.56. The summed E-state index contributed by atoms with van der Waals surface area (Å²) in [6.07, 6.45) is 0. The molecule has 0 saturated carbocycles. The minimum Gasteiger partial charge on any atom is -0.492 e. The molecule has 1 heterocycles. The molecule has 2 rings (SSSR count). The van der Waals surface area contributed by atoms with Crippen molar-refractivity contribution < 1.29 is 4.74 Å². The van der Waals surface area contributed by atoms with Crippen molar-refractivity contribution in [3.8, 4) is 5.75 Å². The lowest BCUT2D eigenvalue weighted by molar-refractivity contribution is 0.302. The number of aryl methyl sites for hydroxylation is 1. The summed E-state index contributed by atoms with van der Waals surface area (Å²) in [5.41, 5.74) is 5.65. The molecule has 1 aliphatic rings. The molecule has 0 aromatic heterocycles. The average molecular weight is 232 g/mol. The van der Waals surface area contributed by atoms with E-state index in [2.05, 4.69) is 47.6 Å². The van der Waals surface area contributed by atoms with Crippen molar-refractivity contribution in [1.29, 1.82) is 0 Å². The van der Waals surface area contributed by atoms with Crippen molar-refractivity contribution in [2.24, 2.45) is 5.92 Å². The quantitative estimate of drug-likeness (QED) is 0.726. The molecule has 1 heteroatoms. The zero-order chi connectivity index (χ0) is 12.7. The van der Waals surface area contributed by atoms with Gasteiger partial charge >= 0.3 is 0 Å². The molecule has 94 valence electrons. The molecule has 1 aliphatic heterocycles. The maximum Gasteiger partial charge on any atom is 0.126 e. The van der Waals surface area contributed by atoms with Crippen molar-refractivity contribution in [3.05, 3.63) is 28.3 Å². The predicted molar refractivity (Wildman–Crippen MR) is 73.1 cm³/mol. The summed E-state index contributed by atoms with van der Waals surface area (Å²) in [5, 5.41) is 0. The molecule has 0 aliphatic carbocycles.